The van der Waals surface area contributed by atoms with Crippen LogP contribution in [-0.2, 0) is 9.78 Å². The molecule has 0 aromatic rings. The fourth-order valence-corrected chi connectivity index (χ4v) is 0.0713. The van der Waals surface area contributed by atoms with Crippen LogP contribution < -0.4 is 0 Å². The van der Waals surface area contributed by atoms with Gasteiger partial charge in [-0.25, -0.2) is 29.0 Å². The lowest BCUT2D eigenvalue weighted by Crippen LogP contribution is -2.05. The first-order valence-electron chi connectivity index (χ1n) is 2.73. The molecular formula is C4H6O12. The van der Waals surface area contributed by atoms with E-state index in [-0.39, 0.29) is 0 Å². The van der Waals surface area contributed by atoms with Gasteiger partial charge in [0.2, 0.25) is 0 Å². The molecule has 94 valence electrons. The van der Waals surface area contributed by atoms with Crippen LogP contribution in [0.3, 0.4) is 0 Å². The maximum absolute atomic E-state index is 9.29. The van der Waals surface area contributed by atoms with E-state index in [1.807, 2.05) is 0 Å². The Morgan fingerprint density at radius 2 is 0.688 bits per heavy atom. The van der Waals surface area contributed by atoms with Crippen molar-refractivity contribution in [3.8, 4) is 0 Å². The normalized spacial score (nSPS) is 6.75. The summed E-state index contributed by atoms with van der Waals surface area (Å²) in [5, 5.41) is 43.0. The average Bonchev–Trinajstić information content (AvgIpc) is 1.98. The smallest absolute Gasteiger partial charge is 0.450 e. The van der Waals surface area contributed by atoms with Gasteiger partial charge in [0.1, 0.15) is 0 Å². The fraction of sp³-hybridized carbons (Fsp3) is 0. The molecule has 0 radical (unpaired) electrons. The van der Waals surface area contributed by atoms with Gasteiger partial charge in [-0.1, -0.05) is 0 Å². The van der Waals surface area contributed by atoms with E-state index in [2.05, 4.69) is 9.78 Å². The van der Waals surface area contributed by atoms with E-state index >= 15 is 0 Å². The molecule has 0 atom stereocenters. The molecule has 12 heteroatoms. The Morgan fingerprint density at radius 1 is 0.562 bits per heavy atom. The molecule has 12 nitrogen and oxygen atoms in total. The molecule has 0 bridgehead atoms. The van der Waals surface area contributed by atoms with Crippen LogP contribution in [-0.4, -0.2) is 55.3 Å². The van der Waals surface area contributed by atoms with Gasteiger partial charge in [-0.2, -0.15) is 0 Å². The highest BCUT2D eigenvalue weighted by Crippen LogP contribution is 1.78. The molecule has 6 N–H and O–H groups in total. The number of carboxylic acid groups (broad SMARTS) is 6. The molecule has 0 spiro atoms. The maximum Gasteiger partial charge on any atom is 0.547 e. The molecule has 0 aliphatic heterocycles. The average molecular weight is 246 g/mol. The Kier molecular flexibility index (Phi) is 14.2. The standard InChI is InChI=1S/C2H2O6.2CH2O3/c3-1(4)7-8-2(5)6;2*2-1(3)4/h(H,3,4)(H,5,6);2*(H2,2,3,4). The molecule has 0 aliphatic rings. The highest BCUT2D eigenvalue weighted by atomic mass is 17.2. The summed E-state index contributed by atoms with van der Waals surface area (Å²) in [6.45, 7) is 0. The minimum atomic E-state index is -1.83. The van der Waals surface area contributed by atoms with E-state index in [0.717, 1.165) is 0 Å². The molecule has 0 amide bonds. The molecule has 0 fully saturated rings. The Hall–Kier alpha value is -2.92. The molecule has 16 heavy (non-hydrogen) atoms. The molecular weight excluding hydrogens is 240 g/mol. The minimum absolute atomic E-state index is 1.80. The van der Waals surface area contributed by atoms with Crippen molar-refractivity contribution in [1.82, 2.24) is 0 Å². The molecule has 0 saturated carbocycles. The molecule has 0 unspecified atom stereocenters. The van der Waals surface area contributed by atoms with Gasteiger partial charge in [-0.3, -0.25) is 0 Å². The Bertz CT molecular complexity index is 207. The Labute approximate surface area is 85.4 Å². The van der Waals surface area contributed by atoms with Crippen LogP contribution in [0.15, 0.2) is 0 Å². The van der Waals surface area contributed by atoms with Crippen LogP contribution in [0.5, 0.6) is 0 Å². The largest absolute Gasteiger partial charge is 0.547 e. The van der Waals surface area contributed by atoms with Crippen molar-refractivity contribution in [3.05, 3.63) is 0 Å². The first kappa shape index (κ1) is 18.8. The lowest BCUT2D eigenvalue weighted by molar-refractivity contribution is -0.208. The van der Waals surface area contributed by atoms with Crippen molar-refractivity contribution in [3.63, 3.8) is 0 Å². The summed E-state index contributed by atoms with van der Waals surface area (Å²) >= 11 is 0. The zero-order valence-electron chi connectivity index (χ0n) is 7.13. The number of rotatable bonds is 0. The van der Waals surface area contributed by atoms with Crippen molar-refractivity contribution in [2.45, 2.75) is 0 Å². The van der Waals surface area contributed by atoms with Gasteiger partial charge in [0.15, 0.2) is 0 Å². The van der Waals surface area contributed by atoms with Crippen LogP contribution in [0.2, 0.25) is 0 Å². The second-order valence-corrected chi connectivity index (χ2v) is 1.26. The van der Waals surface area contributed by atoms with Crippen LogP contribution in [0.25, 0.3) is 0 Å². The Morgan fingerprint density at radius 3 is 0.750 bits per heavy atom. The summed E-state index contributed by atoms with van der Waals surface area (Å²) in [6.07, 6.45) is -7.26. The van der Waals surface area contributed by atoms with Crippen LogP contribution in [0.1, 0.15) is 0 Å². The third-order valence-electron chi connectivity index (χ3n) is 0.184. The SMILES string of the molecule is O=C(O)O.O=C(O)O.O=C(O)OOC(=O)O. The zero-order chi connectivity index (χ0) is 13.7. The fourth-order valence-electron chi connectivity index (χ4n) is 0.0713. The second kappa shape index (κ2) is 12.1. The van der Waals surface area contributed by atoms with Crippen molar-refractivity contribution in [2.24, 2.45) is 0 Å². The summed E-state index contributed by atoms with van der Waals surface area (Å²) < 4.78 is 0. The van der Waals surface area contributed by atoms with Crippen molar-refractivity contribution < 1.29 is 59.6 Å². The summed E-state index contributed by atoms with van der Waals surface area (Å²) in [7, 11) is 0. The molecule has 0 aromatic carbocycles. The molecule has 0 aliphatic carbocycles. The maximum atomic E-state index is 9.29. The van der Waals surface area contributed by atoms with Gasteiger partial charge in [0, 0.05) is 0 Å². The molecule has 0 aromatic heterocycles. The van der Waals surface area contributed by atoms with E-state index < -0.39 is 24.6 Å². The van der Waals surface area contributed by atoms with Crippen LogP contribution >= 0.6 is 0 Å². The summed E-state index contributed by atoms with van der Waals surface area (Å²) in [4.78, 5) is 41.9. The van der Waals surface area contributed by atoms with Gasteiger partial charge in [0.25, 0.3) is 0 Å². The number of hydrogen-bond acceptors (Lipinski definition) is 6. The first-order valence-corrected chi connectivity index (χ1v) is 2.73. The summed E-state index contributed by atoms with van der Waals surface area (Å²) in [5.41, 5.74) is 0. The monoisotopic (exact) mass is 246 g/mol. The lowest BCUT2D eigenvalue weighted by atomic mass is 11.4. The molecule has 0 heterocycles. The van der Waals surface area contributed by atoms with E-state index in [9.17, 15) is 9.59 Å². The van der Waals surface area contributed by atoms with E-state index in [0.29, 0.717) is 0 Å². The summed E-state index contributed by atoms with van der Waals surface area (Å²) in [6, 6.07) is 0. The predicted octanol–water partition coefficient (Wildman–Crippen LogP) is 0.735. The second-order valence-electron chi connectivity index (χ2n) is 1.26. The summed E-state index contributed by atoms with van der Waals surface area (Å²) in [5.74, 6) is 0. The van der Waals surface area contributed by atoms with Crippen LogP contribution in [0.4, 0.5) is 19.2 Å². The van der Waals surface area contributed by atoms with Gasteiger partial charge in [-0.15, -0.1) is 0 Å². The molecule has 0 rings (SSSR count). The first-order chi connectivity index (χ1) is 7.09. The van der Waals surface area contributed by atoms with Crippen molar-refractivity contribution >= 4 is 24.6 Å². The van der Waals surface area contributed by atoms with Crippen molar-refractivity contribution in [2.75, 3.05) is 0 Å². The minimum Gasteiger partial charge on any atom is -0.450 e. The third kappa shape index (κ3) is 260. The van der Waals surface area contributed by atoms with Gasteiger partial charge in [0.05, 0.1) is 0 Å². The van der Waals surface area contributed by atoms with Gasteiger partial charge >= 0.3 is 24.6 Å². The zero-order valence-corrected chi connectivity index (χ0v) is 7.13. The highest BCUT2D eigenvalue weighted by Gasteiger charge is 2.01. The van der Waals surface area contributed by atoms with Gasteiger partial charge in [-0.05, 0) is 0 Å². The van der Waals surface area contributed by atoms with E-state index in [1.54, 1.807) is 0 Å². The van der Waals surface area contributed by atoms with E-state index in [1.165, 1.54) is 0 Å². The third-order valence-corrected chi connectivity index (χ3v) is 0.184. The highest BCUT2D eigenvalue weighted by molar-refractivity contribution is 5.60. The quantitative estimate of drug-likeness (QED) is 0.258. The predicted molar refractivity (Wildman–Crippen MR) is 39.5 cm³/mol. The Balaban J connectivity index is -0.000000179. The van der Waals surface area contributed by atoms with Crippen LogP contribution in [0, 0.1) is 0 Å². The van der Waals surface area contributed by atoms with Gasteiger partial charge < -0.3 is 30.6 Å². The topological polar surface area (TPSA) is 208 Å². The number of hydrogen-bond donors (Lipinski definition) is 6. The lowest BCUT2D eigenvalue weighted by Gasteiger charge is -1.89. The van der Waals surface area contributed by atoms with E-state index in [4.69, 9.17) is 40.2 Å². The number of carbonyl (C=O) groups is 4. The molecule has 0 saturated heterocycles. The van der Waals surface area contributed by atoms with Crippen molar-refractivity contribution in [1.29, 1.82) is 0 Å².